The van der Waals surface area contributed by atoms with Crippen LogP contribution in [0.15, 0.2) is 0 Å². The van der Waals surface area contributed by atoms with E-state index < -0.39 is 0 Å². The lowest BCUT2D eigenvalue weighted by molar-refractivity contribution is 0.0966. The predicted octanol–water partition coefficient (Wildman–Crippen LogP) is 3.81. The zero-order valence-electron chi connectivity index (χ0n) is 10.7. The van der Waals surface area contributed by atoms with Crippen molar-refractivity contribution in [2.24, 2.45) is 5.41 Å². The highest BCUT2D eigenvalue weighted by molar-refractivity contribution is 5.79. The van der Waals surface area contributed by atoms with Gasteiger partial charge in [0.2, 0.25) is 0 Å². The smallest absolute Gasteiger partial charge is 0.0957 e. The average Bonchev–Trinajstić information content (AvgIpc) is 2.31. The molecule has 16 heavy (non-hydrogen) atoms. The van der Waals surface area contributed by atoms with E-state index in [4.69, 9.17) is 5.41 Å². The van der Waals surface area contributed by atoms with Crippen LogP contribution in [0.4, 0.5) is 0 Å². The number of likely N-dealkylation sites (tertiary alicyclic amines) is 1. The number of rotatable bonds is 2. The highest BCUT2D eigenvalue weighted by Crippen LogP contribution is 2.44. The van der Waals surface area contributed by atoms with Gasteiger partial charge >= 0.3 is 0 Å². The predicted molar refractivity (Wildman–Crippen MR) is 69.0 cm³/mol. The Hall–Kier alpha value is -0.530. The molecule has 0 radical (unpaired) electrons. The van der Waals surface area contributed by atoms with Gasteiger partial charge in [-0.1, -0.05) is 26.2 Å². The first-order valence-electron chi connectivity index (χ1n) is 7.08. The van der Waals surface area contributed by atoms with E-state index in [-0.39, 0.29) is 0 Å². The van der Waals surface area contributed by atoms with E-state index in [0.717, 1.165) is 31.8 Å². The zero-order chi connectivity index (χ0) is 11.4. The number of amidine groups is 1. The Bertz CT molecular complexity index is 231. The van der Waals surface area contributed by atoms with E-state index in [2.05, 4.69) is 11.8 Å². The summed E-state index contributed by atoms with van der Waals surface area (Å²) in [7, 11) is 0. The van der Waals surface area contributed by atoms with E-state index >= 15 is 0 Å². The van der Waals surface area contributed by atoms with E-state index in [1.54, 1.807) is 0 Å². The summed E-state index contributed by atoms with van der Waals surface area (Å²) >= 11 is 0. The molecule has 2 aliphatic rings. The molecule has 1 N–H and O–H groups in total. The van der Waals surface area contributed by atoms with Crippen molar-refractivity contribution in [3.63, 3.8) is 0 Å². The van der Waals surface area contributed by atoms with Crippen LogP contribution < -0.4 is 0 Å². The van der Waals surface area contributed by atoms with E-state index in [0.29, 0.717) is 5.41 Å². The molecule has 1 aliphatic carbocycles. The standard InChI is InChI=1S/C14H26N2/c1-2-6-13(15)16-11-9-14(10-12-16)7-4-3-5-8-14/h15H,2-12H2,1H3. The summed E-state index contributed by atoms with van der Waals surface area (Å²) in [6, 6.07) is 0. The topological polar surface area (TPSA) is 27.1 Å². The molecule has 0 amide bonds. The first-order chi connectivity index (χ1) is 7.76. The number of nitrogens with one attached hydrogen (secondary N) is 1. The molecule has 2 fully saturated rings. The summed E-state index contributed by atoms with van der Waals surface area (Å²) in [5.74, 6) is 0.883. The van der Waals surface area contributed by atoms with Gasteiger partial charge in [-0.05, 0) is 37.5 Å². The molecule has 92 valence electrons. The average molecular weight is 222 g/mol. The van der Waals surface area contributed by atoms with Gasteiger partial charge in [0, 0.05) is 19.5 Å². The fourth-order valence-electron chi connectivity index (χ4n) is 3.45. The van der Waals surface area contributed by atoms with Gasteiger partial charge in [0.05, 0.1) is 5.84 Å². The quantitative estimate of drug-likeness (QED) is 0.558. The van der Waals surface area contributed by atoms with Gasteiger partial charge in [-0.15, -0.1) is 0 Å². The maximum Gasteiger partial charge on any atom is 0.0957 e. The van der Waals surface area contributed by atoms with Gasteiger partial charge in [0.1, 0.15) is 0 Å². The van der Waals surface area contributed by atoms with Crippen molar-refractivity contribution in [3.05, 3.63) is 0 Å². The zero-order valence-corrected chi connectivity index (χ0v) is 10.7. The van der Waals surface area contributed by atoms with Crippen molar-refractivity contribution in [1.29, 1.82) is 5.41 Å². The van der Waals surface area contributed by atoms with Crippen molar-refractivity contribution in [2.45, 2.75) is 64.7 Å². The second kappa shape index (κ2) is 5.20. The summed E-state index contributed by atoms with van der Waals surface area (Å²) in [6.07, 6.45) is 12.0. The van der Waals surface area contributed by atoms with E-state index in [9.17, 15) is 0 Å². The van der Waals surface area contributed by atoms with Gasteiger partial charge in [-0.25, -0.2) is 0 Å². The molecular weight excluding hydrogens is 196 g/mol. The largest absolute Gasteiger partial charge is 0.361 e. The minimum absolute atomic E-state index is 0.682. The van der Waals surface area contributed by atoms with Gasteiger partial charge in [0.25, 0.3) is 0 Å². The second-order valence-corrected chi connectivity index (χ2v) is 5.74. The Morgan fingerprint density at radius 3 is 2.25 bits per heavy atom. The van der Waals surface area contributed by atoms with Gasteiger partial charge in [-0.2, -0.15) is 0 Å². The molecule has 0 aromatic heterocycles. The monoisotopic (exact) mass is 222 g/mol. The molecule has 1 saturated heterocycles. The molecule has 1 saturated carbocycles. The molecule has 2 rings (SSSR count). The number of nitrogens with zero attached hydrogens (tertiary/aromatic N) is 1. The van der Waals surface area contributed by atoms with Gasteiger partial charge in [-0.3, -0.25) is 5.41 Å². The highest BCUT2D eigenvalue weighted by atomic mass is 15.2. The molecule has 1 aliphatic heterocycles. The fraction of sp³-hybridized carbons (Fsp3) is 0.929. The number of hydrogen-bond donors (Lipinski definition) is 1. The molecular formula is C14H26N2. The molecule has 0 bridgehead atoms. The Kier molecular flexibility index (Phi) is 3.88. The summed E-state index contributed by atoms with van der Waals surface area (Å²) in [4.78, 5) is 2.32. The minimum atomic E-state index is 0.682. The maximum atomic E-state index is 8.01. The summed E-state index contributed by atoms with van der Waals surface area (Å²) in [5.41, 5.74) is 0.682. The molecule has 2 heteroatoms. The molecule has 0 unspecified atom stereocenters. The Balaban J connectivity index is 1.83. The number of hydrogen-bond acceptors (Lipinski definition) is 1. The van der Waals surface area contributed by atoms with E-state index in [1.165, 1.54) is 44.9 Å². The maximum absolute atomic E-state index is 8.01. The molecule has 1 spiro atoms. The molecule has 0 aromatic carbocycles. The van der Waals surface area contributed by atoms with Crippen molar-refractivity contribution >= 4 is 5.84 Å². The lowest BCUT2D eigenvalue weighted by atomic mass is 9.68. The van der Waals surface area contributed by atoms with Crippen molar-refractivity contribution < 1.29 is 0 Å². The third kappa shape index (κ3) is 2.58. The van der Waals surface area contributed by atoms with Gasteiger partial charge in [0.15, 0.2) is 0 Å². The SMILES string of the molecule is CCCC(=N)N1CCC2(CCCCC2)CC1. The lowest BCUT2D eigenvalue weighted by Crippen LogP contribution is -2.43. The normalized spacial score (nSPS) is 24.7. The van der Waals surface area contributed by atoms with Crippen molar-refractivity contribution in [3.8, 4) is 0 Å². The summed E-state index contributed by atoms with van der Waals surface area (Å²) < 4.78 is 0. The van der Waals surface area contributed by atoms with Crippen LogP contribution in [-0.2, 0) is 0 Å². The second-order valence-electron chi connectivity index (χ2n) is 5.74. The van der Waals surface area contributed by atoms with Crippen LogP contribution in [0.3, 0.4) is 0 Å². The lowest BCUT2D eigenvalue weighted by Gasteiger charge is -2.45. The summed E-state index contributed by atoms with van der Waals surface area (Å²) in [5, 5.41) is 8.01. The van der Waals surface area contributed by atoms with Crippen LogP contribution in [-0.4, -0.2) is 23.8 Å². The third-order valence-electron chi connectivity index (χ3n) is 4.61. The number of piperidine rings is 1. The van der Waals surface area contributed by atoms with Crippen LogP contribution in [0.2, 0.25) is 0 Å². The Morgan fingerprint density at radius 2 is 1.69 bits per heavy atom. The first-order valence-corrected chi connectivity index (χ1v) is 7.08. The third-order valence-corrected chi connectivity index (χ3v) is 4.61. The minimum Gasteiger partial charge on any atom is -0.361 e. The molecule has 1 heterocycles. The summed E-state index contributed by atoms with van der Waals surface area (Å²) in [6.45, 7) is 4.47. The Morgan fingerprint density at radius 1 is 1.06 bits per heavy atom. The van der Waals surface area contributed by atoms with Crippen LogP contribution in [0.25, 0.3) is 0 Å². The molecule has 2 nitrogen and oxygen atoms in total. The highest BCUT2D eigenvalue weighted by Gasteiger charge is 2.35. The van der Waals surface area contributed by atoms with Crippen LogP contribution in [0.5, 0.6) is 0 Å². The molecule has 0 atom stereocenters. The first kappa shape index (κ1) is 11.9. The molecule has 0 aromatic rings. The van der Waals surface area contributed by atoms with Crippen molar-refractivity contribution in [1.82, 2.24) is 4.90 Å². The van der Waals surface area contributed by atoms with Crippen LogP contribution in [0.1, 0.15) is 64.7 Å². The van der Waals surface area contributed by atoms with Crippen molar-refractivity contribution in [2.75, 3.05) is 13.1 Å². The van der Waals surface area contributed by atoms with Crippen LogP contribution in [0, 0.1) is 10.8 Å². The van der Waals surface area contributed by atoms with Gasteiger partial charge < -0.3 is 4.90 Å². The Labute approximate surface area is 99.9 Å². The van der Waals surface area contributed by atoms with Crippen LogP contribution >= 0.6 is 0 Å². The van der Waals surface area contributed by atoms with E-state index in [1.807, 2.05) is 0 Å². The fourth-order valence-corrected chi connectivity index (χ4v) is 3.45.